The number of hydrogen-bond donors (Lipinski definition) is 5. The second-order valence-electron chi connectivity index (χ2n) is 9.89. The largest absolute Gasteiger partial charge is 0.478 e. The van der Waals surface area contributed by atoms with E-state index in [9.17, 15) is 4.79 Å². The van der Waals surface area contributed by atoms with Gasteiger partial charge >= 0.3 is 5.97 Å². The molecule has 8 heteroatoms. The lowest BCUT2D eigenvalue weighted by Gasteiger charge is -2.23. The molecule has 0 aliphatic carbocycles. The van der Waals surface area contributed by atoms with Crippen LogP contribution in [0.2, 0.25) is 0 Å². The number of nitrogens with zero attached hydrogens (tertiary/aromatic N) is 2. The molecule has 0 amide bonds. The van der Waals surface area contributed by atoms with Crippen LogP contribution in [0.25, 0.3) is 0 Å². The van der Waals surface area contributed by atoms with Gasteiger partial charge in [-0.2, -0.15) is 0 Å². The van der Waals surface area contributed by atoms with Crippen LogP contribution in [0.5, 0.6) is 0 Å². The van der Waals surface area contributed by atoms with Crippen molar-refractivity contribution >= 4 is 17.5 Å². The van der Waals surface area contributed by atoms with Crippen LogP contribution in [0.1, 0.15) is 78.4 Å². The average molecular weight is 601 g/mol. The van der Waals surface area contributed by atoms with Gasteiger partial charge in [0.25, 0.3) is 0 Å². The first kappa shape index (κ1) is 41.9. The molecule has 1 atom stereocenters. The zero-order valence-corrected chi connectivity index (χ0v) is 28.1. The summed E-state index contributed by atoms with van der Waals surface area (Å²) < 4.78 is 0. The lowest BCUT2D eigenvalue weighted by molar-refractivity contribution is -0.132. The molecule has 0 aliphatic heterocycles. The standard InChI is InChI=1S/C28H40N4O2.C4H10O.C2H6.CH4O/c1-5-32(17-9-11-23(3)19-29-16-7-6-12-24(4)28(33)34)27-15-14-26(21-31-27)30-20-25-13-8-10-22(2)18-25;1-2-3-4-5;2*1-2/h6-8,10,12-15,18,21,23,29-30H,5,9,11,16-17,19-20H2,1-4H3,(H,33,34);5H,2-4H2,1H3;1-2H3;2H,1H3/b7-6-,24-12+;;;. The van der Waals surface area contributed by atoms with Gasteiger partial charge in [0.15, 0.2) is 0 Å². The van der Waals surface area contributed by atoms with Crippen molar-refractivity contribution < 1.29 is 20.1 Å². The van der Waals surface area contributed by atoms with Crippen LogP contribution in [0, 0.1) is 12.8 Å². The number of carboxylic acids is 1. The number of aliphatic hydroxyl groups is 2. The molecule has 2 rings (SSSR count). The minimum atomic E-state index is -0.881. The van der Waals surface area contributed by atoms with Crippen molar-refractivity contribution in [3.05, 3.63) is 77.5 Å². The molecule has 43 heavy (non-hydrogen) atoms. The Labute approximate surface area is 262 Å². The van der Waals surface area contributed by atoms with Gasteiger partial charge in [-0.25, -0.2) is 9.78 Å². The molecule has 0 spiro atoms. The molecule has 1 aromatic heterocycles. The summed E-state index contributed by atoms with van der Waals surface area (Å²) in [5, 5.41) is 30.7. The molecule has 1 unspecified atom stereocenters. The van der Waals surface area contributed by atoms with Gasteiger partial charge in [-0.15, -0.1) is 0 Å². The maximum atomic E-state index is 10.7. The van der Waals surface area contributed by atoms with E-state index in [-0.39, 0.29) is 0 Å². The molecule has 0 aliphatic rings. The van der Waals surface area contributed by atoms with Crippen LogP contribution in [0.3, 0.4) is 0 Å². The molecule has 2 aromatic rings. The van der Waals surface area contributed by atoms with Gasteiger partial charge in [-0.3, -0.25) is 0 Å². The number of allylic oxidation sites excluding steroid dienone is 2. The molecule has 1 heterocycles. The number of nitrogens with one attached hydrogen (secondary N) is 2. The minimum absolute atomic E-state index is 0.341. The highest BCUT2D eigenvalue weighted by atomic mass is 16.4. The highest BCUT2D eigenvalue weighted by molar-refractivity contribution is 5.86. The van der Waals surface area contributed by atoms with Crippen molar-refractivity contribution in [3.63, 3.8) is 0 Å². The average Bonchev–Trinajstić information content (AvgIpc) is 3.03. The second-order valence-corrected chi connectivity index (χ2v) is 9.89. The molecular formula is C35H60N4O4. The monoisotopic (exact) mass is 600 g/mol. The normalized spacial score (nSPS) is 11.3. The predicted molar refractivity (Wildman–Crippen MR) is 184 cm³/mol. The van der Waals surface area contributed by atoms with Crippen molar-refractivity contribution in [1.82, 2.24) is 10.3 Å². The van der Waals surface area contributed by atoms with Gasteiger partial charge in [-0.1, -0.05) is 82.2 Å². The quantitative estimate of drug-likeness (QED) is 0.0762. The lowest BCUT2D eigenvalue weighted by Crippen LogP contribution is -2.26. The first-order valence-electron chi connectivity index (χ1n) is 15.6. The van der Waals surface area contributed by atoms with Gasteiger partial charge in [0.2, 0.25) is 0 Å². The van der Waals surface area contributed by atoms with Gasteiger partial charge in [0.1, 0.15) is 5.82 Å². The molecule has 0 saturated heterocycles. The highest BCUT2D eigenvalue weighted by Gasteiger charge is 2.08. The predicted octanol–water partition coefficient (Wildman–Crippen LogP) is 6.83. The van der Waals surface area contributed by atoms with E-state index in [1.54, 1.807) is 19.1 Å². The lowest BCUT2D eigenvalue weighted by atomic mass is 10.1. The van der Waals surface area contributed by atoms with E-state index in [0.29, 0.717) is 18.1 Å². The number of aliphatic hydroxyl groups excluding tert-OH is 2. The van der Waals surface area contributed by atoms with E-state index >= 15 is 0 Å². The number of aromatic nitrogens is 1. The molecular weight excluding hydrogens is 540 g/mol. The number of benzene rings is 1. The Morgan fingerprint density at radius 1 is 1.12 bits per heavy atom. The number of aliphatic carboxylic acids is 1. The first-order chi connectivity index (χ1) is 20.8. The fraction of sp³-hybridized carbons (Fsp3) is 0.543. The number of carbonyl (C=O) groups is 1. The number of rotatable bonds is 17. The van der Waals surface area contributed by atoms with Crippen molar-refractivity contribution in [2.75, 3.05) is 50.1 Å². The Bertz CT molecular complexity index is 992. The third-order valence-corrected chi connectivity index (χ3v) is 6.24. The molecule has 8 nitrogen and oxygen atoms in total. The van der Waals surface area contributed by atoms with Gasteiger partial charge in [-0.05, 0) is 70.2 Å². The molecule has 244 valence electrons. The number of pyridine rings is 1. The van der Waals surface area contributed by atoms with E-state index < -0.39 is 5.97 Å². The van der Waals surface area contributed by atoms with Crippen molar-refractivity contribution in [2.24, 2.45) is 5.92 Å². The summed E-state index contributed by atoms with van der Waals surface area (Å²) in [6.07, 6.45) is 11.6. The van der Waals surface area contributed by atoms with Crippen molar-refractivity contribution in [1.29, 1.82) is 0 Å². The third-order valence-electron chi connectivity index (χ3n) is 6.24. The SMILES string of the molecule is CC.CCCCO.CCN(CCCC(C)CNC/C=C\C=C(/C)C(=O)O)c1ccc(NCc2cccc(C)c2)cn1.CO. The fourth-order valence-corrected chi connectivity index (χ4v) is 3.79. The summed E-state index contributed by atoms with van der Waals surface area (Å²) in [4.78, 5) is 17.7. The number of hydrogen-bond acceptors (Lipinski definition) is 7. The number of aryl methyl sites for hydroxylation is 1. The van der Waals surface area contributed by atoms with Crippen LogP contribution in [0.15, 0.2) is 66.4 Å². The van der Waals surface area contributed by atoms with Crippen molar-refractivity contribution in [2.45, 2.75) is 80.7 Å². The van der Waals surface area contributed by atoms with Crippen molar-refractivity contribution in [3.8, 4) is 0 Å². The summed E-state index contributed by atoms with van der Waals surface area (Å²) in [6, 6.07) is 12.7. The summed E-state index contributed by atoms with van der Waals surface area (Å²) >= 11 is 0. The van der Waals surface area contributed by atoms with Gasteiger partial charge in [0.05, 0.1) is 11.9 Å². The van der Waals surface area contributed by atoms with Gasteiger partial charge in [0, 0.05) is 45.5 Å². The molecule has 0 saturated carbocycles. The van der Waals surface area contributed by atoms with Crippen LogP contribution < -0.4 is 15.5 Å². The Hall–Kier alpha value is -3.20. The van der Waals surface area contributed by atoms with E-state index in [1.165, 1.54) is 11.1 Å². The molecule has 0 fully saturated rings. The zero-order chi connectivity index (χ0) is 32.9. The van der Waals surface area contributed by atoms with E-state index in [0.717, 1.165) is 77.0 Å². The maximum absolute atomic E-state index is 10.7. The Kier molecular flexibility index (Phi) is 28.2. The number of carboxylic acid groups (broad SMARTS) is 1. The summed E-state index contributed by atoms with van der Waals surface area (Å²) in [6.45, 7) is 18.9. The van der Waals surface area contributed by atoms with Crippen LogP contribution in [-0.4, -0.2) is 66.2 Å². The molecule has 5 N–H and O–H groups in total. The number of anilines is 2. The van der Waals surface area contributed by atoms with E-state index in [4.69, 9.17) is 15.3 Å². The molecule has 0 bridgehead atoms. The van der Waals surface area contributed by atoms with Crippen LogP contribution in [0.4, 0.5) is 11.5 Å². The topological polar surface area (TPSA) is 118 Å². The Morgan fingerprint density at radius 2 is 1.84 bits per heavy atom. The third kappa shape index (κ3) is 22.1. The molecule has 0 radical (unpaired) electrons. The highest BCUT2D eigenvalue weighted by Crippen LogP contribution is 2.17. The molecule has 1 aromatic carbocycles. The van der Waals surface area contributed by atoms with Gasteiger partial charge < -0.3 is 30.9 Å². The minimum Gasteiger partial charge on any atom is -0.478 e. The van der Waals surface area contributed by atoms with Crippen LogP contribution in [-0.2, 0) is 11.3 Å². The second kappa shape index (κ2) is 28.9. The summed E-state index contributed by atoms with van der Waals surface area (Å²) in [5.41, 5.74) is 3.91. The first-order valence-corrected chi connectivity index (χ1v) is 15.6. The smallest absolute Gasteiger partial charge is 0.331 e. The zero-order valence-electron chi connectivity index (χ0n) is 28.1. The summed E-state index contributed by atoms with van der Waals surface area (Å²) in [7, 11) is 1.00. The fourth-order valence-electron chi connectivity index (χ4n) is 3.79. The van der Waals surface area contributed by atoms with Crippen LogP contribution >= 0.6 is 0 Å². The van der Waals surface area contributed by atoms with E-state index in [2.05, 4.69) is 84.6 Å². The van der Waals surface area contributed by atoms with E-state index in [1.807, 2.05) is 26.1 Å². The summed E-state index contributed by atoms with van der Waals surface area (Å²) in [5.74, 6) is 0.710. The maximum Gasteiger partial charge on any atom is 0.331 e. The Balaban J connectivity index is 0. The number of unbranched alkanes of at least 4 members (excludes halogenated alkanes) is 1. The Morgan fingerprint density at radius 3 is 2.37 bits per heavy atom.